The van der Waals surface area contributed by atoms with E-state index in [9.17, 15) is 4.79 Å². The number of carbonyl (C=O) groups is 1. The van der Waals surface area contributed by atoms with Crippen molar-refractivity contribution in [2.45, 2.75) is 13.0 Å². The van der Waals surface area contributed by atoms with E-state index in [4.69, 9.17) is 31.2 Å². The molecule has 0 spiro atoms. The van der Waals surface area contributed by atoms with Crippen molar-refractivity contribution in [3.05, 3.63) is 59.3 Å². The number of para-hydroxylation sites is 1. The molecule has 2 aliphatic rings. The van der Waals surface area contributed by atoms with Gasteiger partial charge < -0.3 is 24.3 Å². The number of anilines is 1. The highest BCUT2D eigenvalue weighted by atomic mass is 32.1. The summed E-state index contributed by atoms with van der Waals surface area (Å²) in [5.74, 6) is 1.53. The zero-order valence-electron chi connectivity index (χ0n) is 16.9. The third kappa shape index (κ3) is 3.43. The number of rotatable bonds is 4. The van der Waals surface area contributed by atoms with Gasteiger partial charge in [-0.05, 0) is 37.3 Å². The van der Waals surface area contributed by atoms with Crippen LogP contribution in [-0.4, -0.2) is 38.5 Å². The van der Waals surface area contributed by atoms with E-state index in [0.29, 0.717) is 46.8 Å². The van der Waals surface area contributed by atoms with Crippen LogP contribution in [-0.2, 0) is 9.53 Å². The highest BCUT2D eigenvalue weighted by Gasteiger charge is 2.36. The molecule has 0 radical (unpaired) electrons. The number of hydrogen-bond acceptors (Lipinski definition) is 6. The van der Waals surface area contributed by atoms with Crippen LogP contribution in [0.2, 0.25) is 0 Å². The van der Waals surface area contributed by atoms with Crippen molar-refractivity contribution in [3.8, 4) is 17.2 Å². The Hall–Kier alpha value is -3.26. The first-order valence-electron chi connectivity index (χ1n) is 9.47. The fourth-order valence-electron chi connectivity index (χ4n) is 3.74. The van der Waals surface area contributed by atoms with Crippen molar-refractivity contribution in [1.29, 1.82) is 0 Å². The van der Waals surface area contributed by atoms with Gasteiger partial charge in [0.15, 0.2) is 16.6 Å². The zero-order valence-corrected chi connectivity index (χ0v) is 17.7. The van der Waals surface area contributed by atoms with Crippen LogP contribution in [0.1, 0.15) is 18.5 Å². The Morgan fingerprint density at radius 3 is 2.60 bits per heavy atom. The lowest BCUT2D eigenvalue weighted by molar-refractivity contribution is -0.136. The number of benzene rings is 2. The van der Waals surface area contributed by atoms with Crippen LogP contribution in [0.3, 0.4) is 0 Å². The van der Waals surface area contributed by atoms with Gasteiger partial charge in [0.05, 0.1) is 31.5 Å². The number of methoxy groups -OCH3 is 2. The van der Waals surface area contributed by atoms with Gasteiger partial charge in [0.25, 0.3) is 0 Å². The summed E-state index contributed by atoms with van der Waals surface area (Å²) in [5.41, 5.74) is 2.67. The van der Waals surface area contributed by atoms with Gasteiger partial charge in [-0.15, -0.1) is 0 Å². The third-order valence-electron chi connectivity index (χ3n) is 5.12. The highest BCUT2D eigenvalue weighted by Crippen LogP contribution is 2.40. The summed E-state index contributed by atoms with van der Waals surface area (Å²) >= 11 is 5.69. The van der Waals surface area contributed by atoms with Gasteiger partial charge in [-0.1, -0.05) is 18.2 Å². The Morgan fingerprint density at radius 1 is 1.13 bits per heavy atom. The minimum atomic E-state index is -0.505. The average molecular weight is 426 g/mol. The number of ether oxygens (including phenoxy) is 4. The van der Waals surface area contributed by atoms with E-state index in [0.717, 1.165) is 11.3 Å². The Balaban J connectivity index is 1.82. The molecule has 7 nitrogen and oxygen atoms in total. The summed E-state index contributed by atoms with van der Waals surface area (Å²) in [4.78, 5) is 14.6. The Bertz CT molecular complexity index is 1040. The summed E-state index contributed by atoms with van der Waals surface area (Å²) in [6, 6.07) is 12.6. The minimum Gasteiger partial charge on any atom is -0.496 e. The molecule has 1 unspecified atom stereocenters. The predicted octanol–water partition coefficient (Wildman–Crippen LogP) is 3.35. The lowest BCUT2D eigenvalue weighted by Gasteiger charge is -2.38. The summed E-state index contributed by atoms with van der Waals surface area (Å²) in [6.07, 6.45) is 0. The Morgan fingerprint density at radius 2 is 1.87 bits per heavy atom. The second-order valence-corrected chi connectivity index (χ2v) is 7.17. The van der Waals surface area contributed by atoms with Crippen LogP contribution in [0.5, 0.6) is 17.2 Å². The molecule has 0 bridgehead atoms. The van der Waals surface area contributed by atoms with Gasteiger partial charge in [-0.3, -0.25) is 4.90 Å². The smallest absolute Gasteiger partial charge is 0.337 e. The number of allylic oxidation sites excluding steroid dienone is 1. The standard InChI is InChI=1S/C22H22N2O5S/c1-13-19(21(25)27-3)20(15-6-4-5-7-16(15)26-2)23-22(30)24(13)14-8-9-17-18(12-14)29-11-10-28-17/h4-9,12,20H,10-11H2,1-3H3,(H,23,30). The first-order valence-corrected chi connectivity index (χ1v) is 9.88. The number of esters is 1. The molecule has 2 aromatic rings. The van der Waals surface area contributed by atoms with E-state index in [2.05, 4.69) is 5.32 Å². The molecule has 0 saturated heterocycles. The predicted molar refractivity (Wildman–Crippen MR) is 116 cm³/mol. The fraction of sp³-hybridized carbons (Fsp3) is 0.273. The van der Waals surface area contributed by atoms with E-state index in [1.807, 2.05) is 49.4 Å². The van der Waals surface area contributed by atoms with Crippen molar-refractivity contribution >= 4 is 29.0 Å². The maximum atomic E-state index is 12.8. The fourth-order valence-corrected chi connectivity index (χ4v) is 4.10. The Labute approximate surface area is 180 Å². The van der Waals surface area contributed by atoms with Gasteiger partial charge in [-0.2, -0.15) is 0 Å². The quantitative estimate of drug-likeness (QED) is 0.590. The molecule has 0 amide bonds. The summed E-state index contributed by atoms with van der Waals surface area (Å²) in [6.45, 7) is 2.85. The summed E-state index contributed by atoms with van der Waals surface area (Å²) in [5, 5.41) is 3.73. The van der Waals surface area contributed by atoms with Crippen molar-refractivity contribution in [2.75, 3.05) is 32.3 Å². The van der Waals surface area contributed by atoms with Crippen molar-refractivity contribution in [2.24, 2.45) is 0 Å². The van der Waals surface area contributed by atoms with Gasteiger partial charge >= 0.3 is 5.97 Å². The van der Waals surface area contributed by atoms with Crippen LogP contribution in [0.4, 0.5) is 5.69 Å². The molecular weight excluding hydrogens is 404 g/mol. The number of hydrogen-bond donors (Lipinski definition) is 1. The third-order valence-corrected chi connectivity index (χ3v) is 5.42. The zero-order chi connectivity index (χ0) is 21.3. The topological polar surface area (TPSA) is 69.3 Å². The lowest BCUT2D eigenvalue weighted by Crippen LogP contribution is -2.48. The normalized spacial score (nSPS) is 18.0. The molecule has 8 heteroatoms. The summed E-state index contributed by atoms with van der Waals surface area (Å²) < 4.78 is 21.9. The van der Waals surface area contributed by atoms with E-state index in [1.54, 1.807) is 12.0 Å². The van der Waals surface area contributed by atoms with E-state index >= 15 is 0 Å². The monoisotopic (exact) mass is 426 g/mol. The second-order valence-electron chi connectivity index (χ2n) is 6.78. The summed E-state index contributed by atoms with van der Waals surface area (Å²) in [7, 11) is 2.96. The largest absolute Gasteiger partial charge is 0.496 e. The molecule has 0 saturated carbocycles. The highest BCUT2D eigenvalue weighted by molar-refractivity contribution is 7.80. The maximum absolute atomic E-state index is 12.8. The Kier molecular flexibility index (Phi) is 5.50. The van der Waals surface area contributed by atoms with Crippen LogP contribution < -0.4 is 24.4 Å². The van der Waals surface area contributed by atoms with Crippen LogP contribution in [0, 0.1) is 0 Å². The number of nitrogens with zero attached hydrogens (tertiary/aromatic N) is 1. The molecule has 156 valence electrons. The molecule has 4 rings (SSSR count). The lowest BCUT2D eigenvalue weighted by atomic mass is 9.94. The van der Waals surface area contributed by atoms with Gasteiger partial charge in [-0.25, -0.2) is 4.79 Å². The SMILES string of the molecule is COC(=O)C1=C(C)N(c2ccc3c(c2)OCCO3)C(=S)NC1c1ccccc1OC. The number of thiocarbonyl (C=S) groups is 1. The van der Waals surface area contributed by atoms with Gasteiger partial charge in [0.1, 0.15) is 19.0 Å². The number of fused-ring (bicyclic) bond motifs is 1. The number of nitrogens with one attached hydrogen (secondary N) is 1. The first-order chi connectivity index (χ1) is 14.5. The van der Waals surface area contributed by atoms with Crippen LogP contribution >= 0.6 is 12.2 Å². The molecular formula is C22H22N2O5S. The van der Waals surface area contributed by atoms with E-state index < -0.39 is 12.0 Å². The molecule has 0 fully saturated rings. The minimum absolute atomic E-state index is 0.444. The van der Waals surface area contributed by atoms with Crippen molar-refractivity contribution in [3.63, 3.8) is 0 Å². The van der Waals surface area contributed by atoms with Crippen LogP contribution in [0.15, 0.2) is 53.7 Å². The van der Waals surface area contributed by atoms with Crippen LogP contribution in [0.25, 0.3) is 0 Å². The number of carbonyl (C=O) groups excluding carboxylic acids is 1. The molecule has 1 atom stereocenters. The molecule has 0 aliphatic carbocycles. The molecule has 0 aromatic heterocycles. The van der Waals surface area contributed by atoms with Crippen molar-refractivity contribution < 1.29 is 23.7 Å². The van der Waals surface area contributed by atoms with Gasteiger partial charge in [0.2, 0.25) is 0 Å². The second kappa shape index (κ2) is 8.23. The van der Waals surface area contributed by atoms with E-state index in [-0.39, 0.29) is 0 Å². The molecule has 2 heterocycles. The van der Waals surface area contributed by atoms with Gasteiger partial charge in [0, 0.05) is 17.3 Å². The molecule has 30 heavy (non-hydrogen) atoms. The van der Waals surface area contributed by atoms with E-state index in [1.165, 1.54) is 7.11 Å². The average Bonchev–Trinajstić information content (AvgIpc) is 2.78. The maximum Gasteiger partial charge on any atom is 0.337 e. The molecule has 1 N–H and O–H groups in total. The first kappa shape index (κ1) is 20.0. The molecule has 2 aliphatic heterocycles. The van der Waals surface area contributed by atoms with Crippen molar-refractivity contribution in [1.82, 2.24) is 5.32 Å². The molecule has 2 aromatic carbocycles.